The van der Waals surface area contributed by atoms with Gasteiger partial charge in [-0.3, -0.25) is 15.0 Å². The molecule has 0 amide bonds. The zero-order chi connectivity index (χ0) is 26.4. The van der Waals surface area contributed by atoms with Gasteiger partial charge < -0.3 is 14.4 Å². The summed E-state index contributed by atoms with van der Waals surface area (Å²) in [6, 6.07) is 10.0. The van der Waals surface area contributed by atoms with Crippen molar-refractivity contribution in [1.29, 1.82) is 0 Å². The third-order valence-corrected chi connectivity index (χ3v) is 8.40. The van der Waals surface area contributed by atoms with Crippen LogP contribution in [0.2, 0.25) is 10.0 Å². The Balaban J connectivity index is 1.19. The summed E-state index contributed by atoms with van der Waals surface area (Å²) in [4.78, 5) is 13.9. The predicted octanol–water partition coefficient (Wildman–Crippen LogP) is 5.69. The summed E-state index contributed by atoms with van der Waals surface area (Å²) in [5.74, 6) is 1.68. The van der Waals surface area contributed by atoms with Crippen molar-refractivity contribution < 1.29 is 9.47 Å². The van der Waals surface area contributed by atoms with Crippen molar-refractivity contribution in [2.45, 2.75) is 32.4 Å². The minimum absolute atomic E-state index is 0.180. The van der Waals surface area contributed by atoms with E-state index in [4.69, 9.17) is 37.7 Å². The fourth-order valence-corrected chi connectivity index (χ4v) is 6.11. The van der Waals surface area contributed by atoms with Crippen LogP contribution in [0.4, 0.5) is 5.82 Å². The van der Waals surface area contributed by atoms with Crippen molar-refractivity contribution in [3.63, 3.8) is 0 Å². The maximum absolute atomic E-state index is 6.49. The Morgan fingerprint density at radius 1 is 1.08 bits per heavy atom. The summed E-state index contributed by atoms with van der Waals surface area (Å²) < 4.78 is 11.8. The number of hydrogen-bond donors (Lipinski definition) is 1. The van der Waals surface area contributed by atoms with E-state index in [0.29, 0.717) is 21.5 Å². The highest BCUT2D eigenvalue weighted by Crippen LogP contribution is 2.37. The molecular formula is C28H30Cl2N6O2. The van der Waals surface area contributed by atoms with Crippen LogP contribution in [-0.4, -0.2) is 70.0 Å². The average molecular weight is 553 g/mol. The van der Waals surface area contributed by atoms with Gasteiger partial charge >= 0.3 is 0 Å². The second-order valence-corrected chi connectivity index (χ2v) is 11.1. The maximum Gasteiger partial charge on any atom is 0.128 e. The molecule has 1 aromatic carbocycles. The van der Waals surface area contributed by atoms with Gasteiger partial charge in [0.15, 0.2) is 0 Å². The van der Waals surface area contributed by atoms with Gasteiger partial charge in [0.25, 0.3) is 0 Å². The fraction of sp³-hybridized carbons (Fsp3) is 0.393. The molecular weight excluding hydrogens is 523 g/mol. The van der Waals surface area contributed by atoms with Crippen LogP contribution in [0.3, 0.4) is 0 Å². The molecule has 2 fully saturated rings. The molecule has 2 saturated heterocycles. The number of aryl methyl sites for hydroxylation is 1. The lowest BCUT2D eigenvalue weighted by atomic mass is 9.89. The third-order valence-electron chi connectivity index (χ3n) is 7.62. The number of halogens is 2. The highest BCUT2D eigenvalue weighted by Gasteiger charge is 2.44. The Kier molecular flexibility index (Phi) is 6.68. The highest BCUT2D eigenvalue weighted by atomic mass is 35.5. The average Bonchev–Trinajstić information content (AvgIpc) is 3.33. The van der Waals surface area contributed by atoms with Crippen LogP contribution >= 0.6 is 23.2 Å². The first-order chi connectivity index (χ1) is 18.3. The first kappa shape index (κ1) is 25.4. The number of ether oxygens (including phenoxy) is 2. The lowest BCUT2D eigenvalue weighted by molar-refractivity contribution is -0.0266. The quantitative estimate of drug-likeness (QED) is 0.329. The molecule has 4 aromatic rings. The molecule has 2 aliphatic rings. The third kappa shape index (κ3) is 4.60. The van der Waals surface area contributed by atoms with Crippen molar-refractivity contribution >= 4 is 39.9 Å². The number of H-pyrrole nitrogens is 1. The van der Waals surface area contributed by atoms with Crippen LogP contribution in [-0.2, 0) is 4.74 Å². The molecule has 38 heavy (non-hydrogen) atoms. The van der Waals surface area contributed by atoms with Crippen molar-refractivity contribution in [2.24, 2.45) is 0 Å². The van der Waals surface area contributed by atoms with Crippen molar-refractivity contribution in [3.8, 4) is 17.0 Å². The Morgan fingerprint density at radius 2 is 1.87 bits per heavy atom. The molecule has 5 heterocycles. The van der Waals surface area contributed by atoms with E-state index >= 15 is 0 Å². The summed E-state index contributed by atoms with van der Waals surface area (Å²) >= 11 is 12.9. The second-order valence-electron chi connectivity index (χ2n) is 10.3. The lowest BCUT2D eigenvalue weighted by Crippen LogP contribution is -2.70. The zero-order valence-electron chi connectivity index (χ0n) is 21.7. The Morgan fingerprint density at radius 3 is 2.61 bits per heavy atom. The standard InChI is InChI=1S/C28H30Cl2N6O2/c1-17-26(30)25(22(29)14-31-17)18(2)38-20-5-6-23-21(12-20)27(34-33-23)19-4-7-24(32-13-19)35-15-28(3,16-35)36-8-10-37-11-9-36/h4-7,12-14,18H,8-11,15-16H2,1-3H3,(H,33,34)/t18-/m1/s1. The van der Waals surface area contributed by atoms with E-state index in [1.807, 2.05) is 38.2 Å². The van der Waals surface area contributed by atoms with Crippen LogP contribution in [0.1, 0.15) is 31.2 Å². The molecule has 2 aliphatic heterocycles. The molecule has 0 spiro atoms. The molecule has 3 aromatic heterocycles. The molecule has 0 unspecified atom stereocenters. The monoisotopic (exact) mass is 552 g/mol. The van der Waals surface area contributed by atoms with Gasteiger partial charge in [0, 0.05) is 55.1 Å². The summed E-state index contributed by atoms with van der Waals surface area (Å²) in [5.41, 5.74) is 4.31. The molecule has 10 heteroatoms. The Labute approximate surface area is 231 Å². The smallest absolute Gasteiger partial charge is 0.128 e. The first-order valence-corrected chi connectivity index (χ1v) is 13.6. The number of benzene rings is 1. The highest BCUT2D eigenvalue weighted by molar-refractivity contribution is 6.36. The van der Waals surface area contributed by atoms with Crippen LogP contribution in [0, 0.1) is 6.92 Å². The summed E-state index contributed by atoms with van der Waals surface area (Å²) in [7, 11) is 0. The lowest BCUT2D eigenvalue weighted by Gasteiger charge is -2.55. The van der Waals surface area contributed by atoms with Crippen molar-refractivity contribution in [2.75, 3.05) is 44.3 Å². The van der Waals surface area contributed by atoms with Crippen LogP contribution < -0.4 is 9.64 Å². The zero-order valence-corrected chi connectivity index (χ0v) is 23.2. The molecule has 198 valence electrons. The van der Waals surface area contributed by atoms with Gasteiger partial charge in [-0.2, -0.15) is 5.10 Å². The van der Waals surface area contributed by atoms with Crippen molar-refractivity contribution in [3.05, 3.63) is 64.0 Å². The molecule has 1 atom stereocenters. The Hall–Kier alpha value is -2.91. The predicted molar refractivity (Wildman–Crippen MR) is 150 cm³/mol. The topological polar surface area (TPSA) is 79.4 Å². The number of rotatable bonds is 6. The minimum Gasteiger partial charge on any atom is -0.486 e. The van der Waals surface area contributed by atoms with E-state index < -0.39 is 0 Å². The number of aromatic nitrogens is 4. The van der Waals surface area contributed by atoms with Gasteiger partial charge in [0.05, 0.1) is 40.0 Å². The molecule has 0 bridgehead atoms. The van der Waals surface area contributed by atoms with Gasteiger partial charge in [0.2, 0.25) is 0 Å². The molecule has 0 aliphatic carbocycles. The van der Waals surface area contributed by atoms with Crippen molar-refractivity contribution in [1.82, 2.24) is 25.1 Å². The number of nitrogens with one attached hydrogen (secondary N) is 1. The molecule has 1 N–H and O–H groups in total. The van der Waals surface area contributed by atoms with E-state index in [-0.39, 0.29) is 11.6 Å². The van der Waals surface area contributed by atoms with E-state index in [9.17, 15) is 0 Å². The summed E-state index contributed by atoms with van der Waals surface area (Å²) in [6.45, 7) is 11.7. The van der Waals surface area contributed by atoms with E-state index in [1.54, 1.807) is 6.20 Å². The van der Waals surface area contributed by atoms with Gasteiger partial charge in [-0.15, -0.1) is 0 Å². The van der Waals surface area contributed by atoms with Gasteiger partial charge in [-0.25, -0.2) is 4.98 Å². The number of pyridine rings is 2. The molecule has 0 saturated carbocycles. The van der Waals surface area contributed by atoms with E-state index in [0.717, 1.165) is 72.9 Å². The van der Waals surface area contributed by atoms with Gasteiger partial charge in [-0.1, -0.05) is 23.2 Å². The molecule has 8 nitrogen and oxygen atoms in total. The number of morpholine rings is 1. The number of nitrogens with zero attached hydrogens (tertiary/aromatic N) is 5. The SMILES string of the molecule is Cc1ncc(Cl)c([C@@H](C)Oc2ccc3[nH]nc(-c4ccc(N5CC(C)(N6CCOCC6)C5)nc4)c3c2)c1Cl. The minimum atomic E-state index is -0.356. The first-order valence-electron chi connectivity index (χ1n) is 12.8. The number of aromatic amines is 1. The molecule has 0 radical (unpaired) electrons. The van der Waals surface area contributed by atoms with E-state index in [2.05, 4.69) is 44.0 Å². The van der Waals surface area contributed by atoms with Gasteiger partial charge in [0.1, 0.15) is 23.4 Å². The maximum atomic E-state index is 6.49. The fourth-order valence-electron chi connectivity index (χ4n) is 5.46. The summed E-state index contributed by atoms with van der Waals surface area (Å²) in [6.07, 6.45) is 3.14. The number of hydrogen-bond acceptors (Lipinski definition) is 7. The van der Waals surface area contributed by atoms with Crippen LogP contribution in [0.5, 0.6) is 5.75 Å². The second kappa shape index (κ2) is 10.0. The normalized spacial score (nSPS) is 18.4. The number of fused-ring (bicyclic) bond motifs is 1. The van der Waals surface area contributed by atoms with Crippen LogP contribution in [0.15, 0.2) is 42.7 Å². The van der Waals surface area contributed by atoms with Crippen LogP contribution in [0.25, 0.3) is 22.2 Å². The Bertz CT molecular complexity index is 1460. The van der Waals surface area contributed by atoms with E-state index in [1.165, 1.54) is 0 Å². The largest absolute Gasteiger partial charge is 0.486 e. The van der Waals surface area contributed by atoms with Gasteiger partial charge in [-0.05, 0) is 51.1 Å². The molecule has 6 rings (SSSR count). The number of anilines is 1. The summed E-state index contributed by atoms with van der Waals surface area (Å²) in [5, 5.41) is 9.65.